The monoisotopic (exact) mass is 262 g/mol. The van der Waals surface area contributed by atoms with Gasteiger partial charge in [0.25, 0.3) is 0 Å². The number of halogens is 1. The van der Waals surface area contributed by atoms with Crippen LogP contribution in [0.2, 0.25) is 5.02 Å². The average molecular weight is 263 g/mol. The predicted octanol–water partition coefficient (Wildman–Crippen LogP) is 4.45. The molecule has 0 spiro atoms. The van der Waals surface area contributed by atoms with Crippen LogP contribution in [0.25, 0.3) is 0 Å². The molecule has 0 heterocycles. The molecule has 18 heavy (non-hydrogen) atoms. The van der Waals surface area contributed by atoms with Crippen LogP contribution in [-0.2, 0) is 0 Å². The molecule has 1 aliphatic rings. The van der Waals surface area contributed by atoms with E-state index in [0.717, 1.165) is 17.5 Å². The second kappa shape index (κ2) is 5.63. The standard InChI is InChI=1S/C15H19ClN2/c1-10-5-11(2)7-13(6-10)18-15-4-3-12(9-17)8-14(15)16/h3-4,8,10-11,13,18H,5-7H2,1-2H3. The third kappa shape index (κ3) is 3.17. The molecular formula is C15H19ClN2. The third-order valence-electron chi connectivity index (χ3n) is 3.64. The van der Waals surface area contributed by atoms with Crippen molar-refractivity contribution in [2.45, 2.75) is 39.2 Å². The summed E-state index contributed by atoms with van der Waals surface area (Å²) < 4.78 is 0. The number of nitriles is 1. The summed E-state index contributed by atoms with van der Waals surface area (Å²) in [4.78, 5) is 0. The number of benzene rings is 1. The average Bonchev–Trinajstić information content (AvgIpc) is 2.30. The van der Waals surface area contributed by atoms with E-state index in [4.69, 9.17) is 16.9 Å². The number of hydrogen-bond acceptors (Lipinski definition) is 2. The highest BCUT2D eigenvalue weighted by Gasteiger charge is 2.24. The second-order valence-electron chi connectivity index (χ2n) is 5.57. The van der Waals surface area contributed by atoms with Crippen LogP contribution in [0.4, 0.5) is 5.69 Å². The summed E-state index contributed by atoms with van der Waals surface area (Å²) >= 11 is 6.19. The van der Waals surface area contributed by atoms with Crippen molar-refractivity contribution in [1.82, 2.24) is 0 Å². The molecule has 2 atom stereocenters. The van der Waals surface area contributed by atoms with Crippen molar-refractivity contribution in [2.24, 2.45) is 11.8 Å². The Bertz CT molecular complexity index is 454. The van der Waals surface area contributed by atoms with Gasteiger partial charge in [0.1, 0.15) is 0 Å². The Kier molecular flexibility index (Phi) is 4.14. The van der Waals surface area contributed by atoms with Gasteiger partial charge in [-0.15, -0.1) is 0 Å². The summed E-state index contributed by atoms with van der Waals surface area (Å²) in [5.74, 6) is 1.53. The molecule has 1 aromatic carbocycles. The van der Waals surface area contributed by atoms with Gasteiger partial charge in [-0.25, -0.2) is 0 Å². The van der Waals surface area contributed by atoms with E-state index >= 15 is 0 Å². The van der Waals surface area contributed by atoms with Crippen LogP contribution in [0.5, 0.6) is 0 Å². The Morgan fingerprint density at radius 1 is 1.22 bits per heavy atom. The van der Waals surface area contributed by atoms with Gasteiger partial charge in [0.15, 0.2) is 0 Å². The lowest BCUT2D eigenvalue weighted by Crippen LogP contribution is -2.30. The highest BCUT2D eigenvalue weighted by molar-refractivity contribution is 6.33. The maximum Gasteiger partial charge on any atom is 0.0992 e. The minimum absolute atomic E-state index is 0.495. The zero-order chi connectivity index (χ0) is 13.1. The van der Waals surface area contributed by atoms with Crippen molar-refractivity contribution in [2.75, 3.05) is 5.32 Å². The molecular weight excluding hydrogens is 244 g/mol. The minimum Gasteiger partial charge on any atom is -0.381 e. The van der Waals surface area contributed by atoms with E-state index in [9.17, 15) is 0 Å². The quantitative estimate of drug-likeness (QED) is 0.855. The SMILES string of the molecule is CC1CC(C)CC(Nc2ccc(C#N)cc2Cl)C1. The van der Waals surface area contributed by atoms with Gasteiger partial charge < -0.3 is 5.32 Å². The zero-order valence-electron chi connectivity index (χ0n) is 10.9. The summed E-state index contributed by atoms with van der Waals surface area (Å²) in [6, 6.07) is 8.03. The molecule has 1 aromatic rings. The fourth-order valence-corrected chi connectivity index (χ4v) is 3.22. The second-order valence-corrected chi connectivity index (χ2v) is 5.97. The van der Waals surface area contributed by atoms with E-state index in [1.165, 1.54) is 19.3 Å². The largest absolute Gasteiger partial charge is 0.381 e. The molecule has 1 saturated carbocycles. The minimum atomic E-state index is 0.495. The van der Waals surface area contributed by atoms with Crippen molar-refractivity contribution in [3.8, 4) is 6.07 Å². The molecule has 2 rings (SSSR count). The summed E-state index contributed by atoms with van der Waals surface area (Å²) in [5.41, 5.74) is 1.55. The summed E-state index contributed by atoms with van der Waals surface area (Å²) in [6.07, 6.45) is 3.71. The molecule has 0 bridgehead atoms. The van der Waals surface area contributed by atoms with E-state index in [-0.39, 0.29) is 0 Å². The summed E-state index contributed by atoms with van der Waals surface area (Å²) in [7, 11) is 0. The molecule has 0 saturated heterocycles. The van der Waals surface area contributed by atoms with Crippen molar-refractivity contribution >= 4 is 17.3 Å². The van der Waals surface area contributed by atoms with Crippen LogP contribution in [0.3, 0.4) is 0 Å². The van der Waals surface area contributed by atoms with Gasteiger partial charge in [-0.2, -0.15) is 5.26 Å². The lowest BCUT2D eigenvalue weighted by Gasteiger charge is -2.32. The van der Waals surface area contributed by atoms with Crippen LogP contribution < -0.4 is 5.32 Å². The molecule has 2 unspecified atom stereocenters. The summed E-state index contributed by atoms with van der Waals surface area (Å²) in [5, 5.41) is 13.0. The normalized spacial score (nSPS) is 27.6. The molecule has 1 aliphatic carbocycles. The Balaban J connectivity index is 2.07. The van der Waals surface area contributed by atoms with Gasteiger partial charge in [-0.3, -0.25) is 0 Å². The van der Waals surface area contributed by atoms with Crippen LogP contribution in [0, 0.1) is 23.2 Å². The van der Waals surface area contributed by atoms with Crippen LogP contribution in [0.15, 0.2) is 18.2 Å². The maximum absolute atomic E-state index is 8.81. The first kappa shape index (κ1) is 13.2. The highest BCUT2D eigenvalue weighted by atomic mass is 35.5. The van der Waals surface area contributed by atoms with Crippen molar-refractivity contribution in [3.63, 3.8) is 0 Å². The Morgan fingerprint density at radius 2 is 1.89 bits per heavy atom. The molecule has 0 amide bonds. The molecule has 1 fully saturated rings. The first-order chi connectivity index (χ1) is 8.58. The van der Waals surface area contributed by atoms with Gasteiger partial charge in [-0.1, -0.05) is 25.4 Å². The molecule has 96 valence electrons. The third-order valence-corrected chi connectivity index (χ3v) is 3.95. The molecule has 0 aliphatic heterocycles. The summed E-state index contributed by atoms with van der Waals surface area (Å²) in [6.45, 7) is 4.62. The number of nitrogens with zero attached hydrogens (tertiary/aromatic N) is 1. The van der Waals surface area contributed by atoms with Gasteiger partial charge in [0, 0.05) is 6.04 Å². The maximum atomic E-state index is 8.81. The number of rotatable bonds is 2. The Hall–Kier alpha value is -1.20. The Morgan fingerprint density at radius 3 is 2.44 bits per heavy atom. The van der Waals surface area contributed by atoms with Crippen molar-refractivity contribution in [3.05, 3.63) is 28.8 Å². The van der Waals surface area contributed by atoms with Crippen LogP contribution in [-0.4, -0.2) is 6.04 Å². The molecule has 1 N–H and O–H groups in total. The molecule has 0 aromatic heterocycles. The van der Waals surface area contributed by atoms with E-state index in [1.807, 2.05) is 12.1 Å². The van der Waals surface area contributed by atoms with Crippen molar-refractivity contribution < 1.29 is 0 Å². The number of anilines is 1. The van der Waals surface area contributed by atoms with E-state index < -0.39 is 0 Å². The van der Waals surface area contributed by atoms with Crippen LogP contribution in [0.1, 0.15) is 38.7 Å². The smallest absolute Gasteiger partial charge is 0.0992 e. The Labute approximate surface area is 114 Å². The zero-order valence-corrected chi connectivity index (χ0v) is 11.7. The fraction of sp³-hybridized carbons (Fsp3) is 0.533. The van der Waals surface area contributed by atoms with E-state index in [2.05, 4.69) is 25.2 Å². The molecule has 0 radical (unpaired) electrons. The number of nitrogens with one attached hydrogen (secondary N) is 1. The van der Waals surface area contributed by atoms with Crippen LogP contribution >= 0.6 is 11.6 Å². The lowest BCUT2D eigenvalue weighted by molar-refractivity contribution is 0.281. The number of hydrogen-bond donors (Lipinski definition) is 1. The first-order valence-corrected chi connectivity index (χ1v) is 6.92. The van der Waals surface area contributed by atoms with Gasteiger partial charge in [0.2, 0.25) is 0 Å². The molecule has 2 nitrogen and oxygen atoms in total. The van der Waals surface area contributed by atoms with Gasteiger partial charge >= 0.3 is 0 Å². The topological polar surface area (TPSA) is 35.8 Å². The predicted molar refractivity (Wildman–Crippen MR) is 75.8 cm³/mol. The first-order valence-electron chi connectivity index (χ1n) is 6.54. The lowest BCUT2D eigenvalue weighted by atomic mass is 9.80. The highest BCUT2D eigenvalue weighted by Crippen LogP contribution is 2.32. The fourth-order valence-electron chi connectivity index (χ4n) is 2.99. The van der Waals surface area contributed by atoms with E-state index in [0.29, 0.717) is 16.6 Å². The van der Waals surface area contributed by atoms with Gasteiger partial charge in [0.05, 0.1) is 22.3 Å². The van der Waals surface area contributed by atoms with Gasteiger partial charge in [-0.05, 0) is 49.3 Å². The molecule has 3 heteroatoms. The van der Waals surface area contributed by atoms with E-state index in [1.54, 1.807) is 6.07 Å². The van der Waals surface area contributed by atoms with Crippen molar-refractivity contribution in [1.29, 1.82) is 5.26 Å².